The quantitative estimate of drug-likeness (QED) is 0.282. The van der Waals surface area contributed by atoms with E-state index in [4.69, 9.17) is 4.74 Å². The van der Waals surface area contributed by atoms with E-state index in [0.29, 0.717) is 24.6 Å². The van der Waals surface area contributed by atoms with E-state index in [9.17, 15) is 9.90 Å². The second-order valence-electron chi connectivity index (χ2n) is 14.8. The molecule has 6 rings (SSSR count). The van der Waals surface area contributed by atoms with Gasteiger partial charge in [0.15, 0.2) is 0 Å². The number of ether oxygens (including phenoxy) is 1. The third-order valence-electron chi connectivity index (χ3n) is 11.8. The molecule has 7 unspecified atom stereocenters. The number of thioether (sulfide) groups is 1. The molecule has 1 saturated carbocycles. The van der Waals surface area contributed by atoms with Crippen molar-refractivity contribution >= 4 is 17.7 Å². The van der Waals surface area contributed by atoms with Crippen LogP contribution in [0, 0.1) is 5.92 Å². The highest BCUT2D eigenvalue weighted by Crippen LogP contribution is 2.36. The van der Waals surface area contributed by atoms with Gasteiger partial charge >= 0.3 is 0 Å². The van der Waals surface area contributed by atoms with Gasteiger partial charge in [-0.3, -0.25) is 24.8 Å². The van der Waals surface area contributed by atoms with Crippen LogP contribution in [0.4, 0.5) is 0 Å². The van der Waals surface area contributed by atoms with E-state index >= 15 is 0 Å². The first-order chi connectivity index (χ1) is 21.4. The van der Waals surface area contributed by atoms with E-state index in [1.165, 1.54) is 51.6 Å². The van der Waals surface area contributed by atoms with Crippen molar-refractivity contribution in [2.75, 3.05) is 84.9 Å². The van der Waals surface area contributed by atoms with Crippen molar-refractivity contribution in [2.24, 2.45) is 5.92 Å². The zero-order chi connectivity index (χ0) is 30.5. The normalized spacial score (nSPS) is 37.0. The molecule has 7 atom stereocenters. The van der Waals surface area contributed by atoms with Crippen molar-refractivity contribution in [1.29, 1.82) is 0 Å². The molecule has 4 N–H and O–H groups in total. The number of methoxy groups -OCH3 is 1. The zero-order valence-corrected chi connectivity index (χ0v) is 28.4. The number of rotatable bonds is 10. The summed E-state index contributed by atoms with van der Waals surface area (Å²) in [5.74, 6) is 1.98. The van der Waals surface area contributed by atoms with Gasteiger partial charge in [0.05, 0.1) is 17.7 Å². The number of nitrogens with one attached hydrogen (secondary N) is 3. The van der Waals surface area contributed by atoms with E-state index in [0.717, 1.165) is 89.8 Å². The maximum absolute atomic E-state index is 13.5. The fourth-order valence-electron chi connectivity index (χ4n) is 9.08. The third kappa shape index (κ3) is 8.31. The van der Waals surface area contributed by atoms with Crippen LogP contribution < -0.4 is 16.0 Å². The number of amides is 1. The molecule has 1 amide bonds. The minimum absolute atomic E-state index is 0.178. The number of hydrogen-bond acceptors (Lipinski definition) is 10. The van der Waals surface area contributed by atoms with Crippen molar-refractivity contribution in [3.8, 4) is 0 Å². The summed E-state index contributed by atoms with van der Waals surface area (Å²) in [6.07, 6.45) is 11.3. The van der Waals surface area contributed by atoms with E-state index in [-0.39, 0.29) is 23.5 Å². The number of aliphatic hydroxyl groups is 1. The molecule has 44 heavy (non-hydrogen) atoms. The van der Waals surface area contributed by atoms with E-state index in [2.05, 4.69) is 35.6 Å². The molecule has 5 saturated heterocycles. The van der Waals surface area contributed by atoms with Crippen LogP contribution in [0.5, 0.6) is 0 Å². The predicted octanol–water partition coefficient (Wildman–Crippen LogP) is 1.35. The second kappa shape index (κ2) is 15.6. The van der Waals surface area contributed by atoms with Crippen molar-refractivity contribution in [3.05, 3.63) is 0 Å². The molecule has 252 valence electrons. The third-order valence-corrected chi connectivity index (χ3v) is 13.1. The first kappa shape index (κ1) is 33.4. The lowest BCUT2D eigenvalue weighted by Crippen LogP contribution is -2.63. The van der Waals surface area contributed by atoms with Crippen LogP contribution in [0.25, 0.3) is 0 Å². The fraction of sp³-hybridized carbons (Fsp3) is 0.970. The summed E-state index contributed by atoms with van der Waals surface area (Å²) >= 11 is 1.99. The molecule has 0 bridgehead atoms. The van der Waals surface area contributed by atoms with Gasteiger partial charge in [0.1, 0.15) is 5.50 Å². The average Bonchev–Trinajstić information content (AvgIpc) is 3.68. The van der Waals surface area contributed by atoms with Crippen molar-refractivity contribution in [1.82, 2.24) is 35.6 Å². The largest absolute Gasteiger partial charge is 0.390 e. The number of fused-ring (bicyclic) bond motifs is 1. The Balaban J connectivity index is 1.10. The number of piperidine rings is 2. The number of nitrogens with zero attached hydrogens (tertiary/aromatic N) is 4. The van der Waals surface area contributed by atoms with Gasteiger partial charge in [0.25, 0.3) is 0 Å². The van der Waals surface area contributed by atoms with Crippen LogP contribution in [0.1, 0.15) is 71.1 Å². The van der Waals surface area contributed by atoms with Gasteiger partial charge in [-0.25, -0.2) is 0 Å². The number of likely N-dealkylation sites (tertiary alicyclic amines) is 2. The Morgan fingerprint density at radius 2 is 1.82 bits per heavy atom. The minimum Gasteiger partial charge on any atom is -0.390 e. The Morgan fingerprint density at radius 1 is 1.00 bits per heavy atom. The van der Waals surface area contributed by atoms with Crippen LogP contribution in [-0.4, -0.2) is 157 Å². The number of carbonyl (C=O) groups excluding carboxylic acids is 1. The molecular formula is C33H61N7O3S. The standard InChI is InChI=1S/C33H61N7O3S/c1-33(42)10-18-40(19-11-33)32-36-26(24-44-32)27(23-29(41)34-13-20-37-14-3-4-15-37)38-16-6-17-39(22-21-38)31-28(43-2)9-8-25-7-5-12-35-30(25)31/h25-28,30-32,35-36,42H,3-24H2,1-2H3,(H,34,41). The summed E-state index contributed by atoms with van der Waals surface area (Å²) in [7, 11) is 1.91. The van der Waals surface area contributed by atoms with Crippen molar-refractivity contribution < 1.29 is 14.6 Å². The number of hydrogen-bond donors (Lipinski definition) is 4. The predicted molar refractivity (Wildman–Crippen MR) is 178 cm³/mol. The summed E-state index contributed by atoms with van der Waals surface area (Å²) in [5.41, 5.74) is -0.278. The molecule has 11 heteroatoms. The molecule has 0 radical (unpaired) electrons. The monoisotopic (exact) mass is 635 g/mol. The van der Waals surface area contributed by atoms with Crippen molar-refractivity contribution in [3.63, 3.8) is 0 Å². The van der Waals surface area contributed by atoms with Crippen LogP contribution >= 0.6 is 11.8 Å². The molecule has 6 aliphatic rings. The van der Waals surface area contributed by atoms with Crippen LogP contribution in [0.2, 0.25) is 0 Å². The maximum atomic E-state index is 13.5. The molecule has 10 nitrogen and oxygen atoms in total. The van der Waals surface area contributed by atoms with Crippen LogP contribution in [0.15, 0.2) is 0 Å². The molecule has 5 heterocycles. The van der Waals surface area contributed by atoms with Gasteiger partial charge < -0.3 is 25.4 Å². The smallest absolute Gasteiger partial charge is 0.221 e. The SMILES string of the molecule is COC1CCC2CCCNC2C1N1CCCN(C(CC(=O)NCCN2CCCC2)C2CSC(N3CCC(C)(O)CC3)N2)CC1. The first-order valence-corrected chi connectivity index (χ1v) is 19.0. The average molecular weight is 636 g/mol. The van der Waals surface area contributed by atoms with Gasteiger partial charge in [-0.15, -0.1) is 11.8 Å². The molecule has 1 aliphatic carbocycles. The van der Waals surface area contributed by atoms with Gasteiger partial charge in [-0.2, -0.15) is 0 Å². The minimum atomic E-state index is -0.542. The zero-order valence-electron chi connectivity index (χ0n) is 27.6. The van der Waals surface area contributed by atoms with Gasteiger partial charge in [-0.05, 0) is 103 Å². The molecule has 0 spiro atoms. The summed E-state index contributed by atoms with van der Waals surface area (Å²) in [5, 5.41) is 21.7. The summed E-state index contributed by atoms with van der Waals surface area (Å²) in [6, 6.07) is 1.42. The second-order valence-corrected chi connectivity index (χ2v) is 15.9. The lowest BCUT2D eigenvalue weighted by molar-refractivity contribution is -0.122. The van der Waals surface area contributed by atoms with Gasteiger partial charge in [0.2, 0.25) is 5.91 Å². The molecule has 0 aromatic carbocycles. The van der Waals surface area contributed by atoms with Crippen molar-refractivity contribution in [2.45, 2.75) is 113 Å². The maximum Gasteiger partial charge on any atom is 0.221 e. The molecular weight excluding hydrogens is 574 g/mol. The van der Waals surface area contributed by atoms with Gasteiger partial charge in [0, 0.05) is 76.7 Å². The van der Waals surface area contributed by atoms with Crippen LogP contribution in [-0.2, 0) is 9.53 Å². The number of carbonyl (C=O) groups is 1. The lowest BCUT2D eigenvalue weighted by atomic mass is 9.74. The van der Waals surface area contributed by atoms with E-state index in [1.807, 2.05) is 25.8 Å². The molecule has 0 aromatic rings. The summed E-state index contributed by atoms with van der Waals surface area (Å²) < 4.78 is 6.13. The highest BCUT2D eigenvalue weighted by molar-refractivity contribution is 8.00. The molecule has 6 fully saturated rings. The Bertz CT molecular complexity index is 914. The lowest BCUT2D eigenvalue weighted by Gasteiger charge is -2.49. The highest BCUT2D eigenvalue weighted by atomic mass is 32.2. The Kier molecular flexibility index (Phi) is 11.8. The molecule has 0 aromatic heterocycles. The summed E-state index contributed by atoms with van der Waals surface area (Å²) in [6.45, 7) is 13.2. The Labute approximate surface area is 270 Å². The Morgan fingerprint density at radius 3 is 2.61 bits per heavy atom. The fourth-order valence-corrected chi connectivity index (χ4v) is 10.5. The topological polar surface area (TPSA) is 95.6 Å². The Hall–Kier alpha value is -0.500. The van der Waals surface area contributed by atoms with Crippen LogP contribution in [0.3, 0.4) is 0 Å². The highest BCUT2D eigenvalue weighted by Gasteiger charge is 2.45. The molecule has 5 aliphatic heterocycles. The van der Waals surface area contributed by atoms with E-state index < -0.39 is 5.60 Å². The van der Waals surface area contributed by atoms with Gasteiger partial charge in [-0.1, -0.05) is 0 Å². The first-order valence-electron chi connectivity index (χ1n) is 18.0. The van der Waals surface area contributed by atoms with E-state index in [1.54, 1.807) is 0 Å². The summed E-state index contributed by atoms with van der Waals surface area (Å²) in [4.78, 5) is 23.8.